The van der Waals surface area contributed by atoms with Gasteiger partial charge in [-0.1, -0.05) is 15.4 Å². The van der Waals surface area contributed by atoms with E-state index in [1.807, 2.05) is 0 Å². The highest BCUT2D eigenvalue weighted by Gasteiger charge is 2.08. The van der Waals surface area contributed by atoms with Crippen LogP contribution in [0.3, 0.4) is 0 Å². The second-order valence-corrected chi connectivity index (χ2v) is 2.49. The summed E-state index contributed by atoms with van der Waals surface area (Å²) in [6, 6.07) is 0. The summed E-state index contributed by atoms with van der Waals surface area (Å²) in [5, 5.41) is 17.9. The maximum Gasteiger partial charge on any atom is 0.240 e. The Morgan fingerprint density at radius 1 is 1.46 bits per heavy atom. The second-order valence-electron chi connectivity index (χ2n) is 2.49. The summed E-state index contributed by atoms with van der Waals surface area (Å²) < 4.78 is 5.92. The number of nitrogens with zero attached hydrogens (tertiary/aromatic N) is 6. The van der Waals surface area contributed by atoms with Gasteiger partial charge in [0.25, 0.3) is 0 Å². The van der Waals surface area contributed by atoms with Gasteiger partial charge in [0.05, 0.1) is 6.54 Å². The van der Waals surface area contributed by atoms with Crippen LogP contribution in [0.25, 0.3) is 0 Å². The highest BCUT2D eigenvalue weighted by atomic mass is 16.6. The molecule has 0 atom stereocenters. The monoisotopic (exact) mass is 181 g/mol. The van der Waals surface area contributed by atoms with Crippen LogP contribution < -0.4 is 5.73 Å². The van der Waals surface area contributed by atoms with Crippen molar-refractivity contribution in [2.24, 2.45) is 0 Å². The van der Waals surface area contributed by atoms with Gasteiger partial charge in [-0.25, -0.2) is 9.31 Å². The Kier molecular flexibility index (Phi) is 1.65. The number of rotatable bonds is 2. The van der Waals surface area contributed by atoms with Crippen LogP contribution in [0.2, 0.25) is 0 Å². The Labute approximate surface area is 72.7 Å². The maximum atomic E-state index is 5.46. The van der Waals surface area contributed by atoms with E-state index in [9.17, 15) is 0 Å². The highest BCUT2D eigenvalue weighted by Crippen LogP contribution is 2.03. The minimum atomic E-state index is 0.238. The first-order chi connectivity index (χ1) is 6.27. The average molecular weight is 181 g/mol. The minimum absolute atomic E-state index is 0.238. The Morgan fingerprint density at radius 3 is 2.85 bits per heavy atom. The molecule has 0 fully saturated rings. The van der Waals surface area contributed by atoms with Crippen LogP contribution in [-0.2, 0) is 6.54 Å². The molecule has 0 radical (unpaired) electrons. The third-order valence-electron chi connectivity index (χ3n) is 1.61. The van der Waals surface area contributed by atoms with Gasteiger partial charge >= 0.3 is 0 Å². The lowest BCUT2D eigenvalue weighted by Gasteiger charge is -1.95. The highest BCUT2D eigenvalue weighted by molar-refractivity contribution is 5.14. The molecule has 8 heteroatoms. The molecule has 0 aromatic carbocycles. The standard InChI is InChI=1S/C5H7N7O/c1-3-4(9-13-8-3)2-12-5(6)7-10-11-12/h2H2,1H3,(H2,6,7,11). The van der Waals surface area contributed by atoms with Gasteiger partial charge < -0.3 is 5.73 Å². The normalized spacial score (nSPS) is 10.5. The Bertz CT molecular complexity index is 366. The van der Waals surface area contributed by atoms with E-state index in [1.165, 1.54) is 4.68 Å². The van der Waals surface area contributed by atoms with Crippen LogP contribution in [0.1, 0.15) is 11.4 Å². The molecule has 0 unspecified atom stereocenters. The molecule has 2 rings (SSSR count). The van der Waals surface area contributed by atoms with Crippen LogP contribution in [0.15, 0.2) is 4.63 Å². The van der Waals surface area contributed by atoms with Crippen molar-refractivity contribution in [2.75, 3.05) is 5.73 Å². The molecule has 8 nitrogen and oxygen atoms in total. The molecule has 0 amide bonds. The van der Waals surface area contributed by atoms with E-state index in [2.05, 4.69) is 30.5 Å². The number of nitrogens with two attached hydrogens (primary N) is 1. The zero-order chi connectivity index (χ0) is 9.26. The fourth-order valence-corrected chi connectivity index (χ4v) is 0.859. The third kappa shape index (κ3) is 1.33. The Balaban J connectivity index is 2.24. The first kappa shape index (κ1) is 7.65. The fraction of sp³-hybridized carbons (Fsp3) is 0.400. The molecular formula is C5H7N7O. The third-order valence-corrected chi connectivity index (χ3v) is 1.61. The molecule has 0 aliphatic rings. The van der Waals surface area contributed by atoms with E-state index in [0.717, 1.165) is 0 Å². The number of hydrogen-bond donors (Lipinski definition) is 1. The van der Waals surface area contributed by atoms with E-state index < -0.39 is 0 Å². The van der Waals surface area contributed by atoms with Gasteiger partial charge in [0.2, 0.25) is 5.95 Å². The van der Waals surface area contributed by atoms with Gasteiger partial charge in [0, 0.05) is 0 Å². The molecule has 2 N–H and O–H groups in total. The molecule has 0 saturated carbocycles. The fourth-order valence-electron chi connectivity index (χ4n) is 0.859. The van der Waals surface area contributed by atoms with Crippen molar-refractivity contribution in [1.29, 1.82) is 0 Å². The summed E-state index contributed by atoms with van der Waals surface area (Å²) in [6.45, 7) is 2.15. The second kappa shape index (κ2) is 2.81. The van der Waals surface area contributed by atoms with Crippen LogP contribution in [-0.4, -0.2) is 30.5 Å². The Morgan fingerprint density at radius 2 is 2.31 bits per heavy atom. The first-order valence-electron chi connectivity index (χ1n) is 3.57. The van der Waals surface area contributed by atoms with E-state index in [-0.39, 0.29) is 5.95 Å². The van der Waals surface area contributed by atoms with Crippen molar-refractivity contribution in [1.82, 2.24) is 30.5 Å². The van der Waals surface area contributed by atoms with Crippen LogP contribution >= 0.6 is 0 Å². The van der Waals surface area contributed by atoms with Crippen molar-refractivity contribution in [3.8, 4) is 0 Å². The van der Waals surface area contributed by atoms with Gasteiger partial charge in [0.1, 0.15) is 11.4 Å². The largest absolute Gasteiger partial charge is 0.367 e. The summed E-state index contributed by atoms with van der Waals surface area (Å²) in [7, 11) is 0. The van der Waals surface area contributed by atoms with Gasteiger partial charge in [0.15, 0.2) is 0 Å². The number of hydrogen-bond acceptors (Lipinski definition) is 7. The molecule has 0 saturated heterocycles. The van der Waals surface area contributed by atoms with Crippen LogP contribution in [0, 0.1) is 6.92 Å². The lowest BCUT2D eigenvalue weighted by Crippen LogP contribution is -2.07. The summed E-state index contributed by atoms with van der Waals surface area (Å²) in [5.41, 5.74) is 6.82. The molecule has 13 heavy (non-hydrogen) atoms. The summed E-state index contributed by atoms with van der Waals surface area (Å²) in [6.07, 6.45) is 0. The molecule has 0 aliphatic carbocycles. The zero-order valence-electron chi connectivity index (χ0n) is 6.88. The van der Waals surface area contributed by atoms with Crippen molar-refractivity contribution in [3.05, 3.63) is 11.4 Å². The number of aromatic nitrogens is 6. The molecule has 2 heterocycles. The van der Waals surface area contributed by atoms with Gasteiger partial charge in [-0.2, -0.15) is 0 Å². The molecule has 0 spiro atoms. The molecule has 0 bridgehead atoms. The summed E-state index contributed by atoms with van der Waals surface area (Å²) >= 11 is 0. The molecular weight excluding hydrogens is 174 g/mol. The van der Waals surface area contributed by atoms with E-state index in [1.54, 1.807) is 6.92 Å². The smallest absolute Gasteiger partial charge is 0.240 e. The first-order valence-corrected chi connectivity index (χ1v) is 3.57. The van der Waals surface area contributed by atoms with Gasteiger partial charge in [-0.3, -0.25) is 0 Å². The lowest BCUT2D eigenvalue weighted by molar-refractivity contribution is 0.300. The predicted octanol–water partition coefficient (Wildman–Crippen LogP) is -1.00. The molecule has 2 aromatic heterocycles. The zero-order valence-corrected chi connectivity index (χ0v) is 6.88. The molecule has 0 aliphatic heterocycles. The van der Waals surface area contributed by atoms with E-state index in [0.29, 0.717) is 17.9 Å². The van der Waals surface area contributed by atoms with E-state index >= 15 is 0 Å². The predicted molar refractivity (Wildman–Crippen MR) is 40.4 cm³/mol. The minimum Gasteiger partial charge on any atom is -0.367 e. The summed E-state index contributed by atoms with van der Waals surface area (Å²) in [5.74, 6) is 0.238. The van der Waals surface area contributed by atoms with Gasteiger partial charge in [-0.15, -0.1) is 0 Å². The van der Waals surface area contributed by atoms with Crippen molar-refractivity contribution in [2.45, 2.75) is 13.5 Å². The van der Waals surface area contributed by atoms with Crippen molar-refractivity contribution >= 4 is 5.95 Å². The van der Waals surface area contributed by atoms with Crippen LogP contribution in [0.4, 0.5) is 5.95 Å². The SMILES string of the molecule is Cc1nonc1Cn1nnnc1N. The Hall–Kier alpha value is -1.99. The van der Waals surface area contributed by atoms with Gasteiger partial charge in [-0.05, 0) is 17.4 Å². The number of nitrogen functional groups attached to an aromatic ring is 1. The van der Waals surface area contributed by atoms with Crippen LogP contribution in [0.5, 0.6) is 0 Å². The maximum absolute atomic E-state index is 5.46. The van der Waals surface area contributed by atoms with Crippen molar-refractivity contribution in [3.63, 3.8) is 0 Å². The summed E-state index contributed by atoms with van der Waals surface area (Å²) in [4.78, 5) is 0. The number of aryl methyl sites for hydroxylation is 1. The lowest BCUT2D eigenvalue weighted by atomic mass is 10.3. The topological polar surface area (TPSA) is 109 Å². The van der Waals surface area contributed by atoms with E-state index in [4.69, 9.17) is 5.73 Å². The van der Waals surface area contributed by atoms with Crippen molar-refractivity contribution < 1.29 is 4.63 Å². The quantitative estimate of drug-likeness (QED) is 0.632. The number of tetrazole rings is 1. The molecule has 68 valence electrons. The molecule has 2 aromatic rings. The average Bonchev–Trinajstić information content (AvgIpc) is 2.65. The number of anilines is 1.